The third-order valence-electron chi connectivity index (χ3n) is 5.04. The van der Waals surface area contributed by atoms with Gasteiger partial charge in [-0.2, -0.15) is 0 Å². The number of halogens is 1. The van der Waals surface area contributed by atoms with Gasteiger partial charge >= 0.3 is 0 Å². The first kappa shape index (κ1) is 12.4. The molecule has 0 saturated carbocycles. The van der Waals surface area contributed by atoms with Crippen LogP contribution in [0, 0.1) is 5.41 Å². The molecule has 0 aromatic carbocycles. The number of piperidine rings is 1. The summed E-state index contributed by atoms with van der Waals surface area (Å²) in [6.45, 7) is 4.80. The van der Waals surface area contributed by atoms with Gasteiger partial charge < -0.3 is 14.5 Å². The second-order valence-corrected chi connectivity index (χ2v) is 6.05. The molecule has 18 heavy (non-hydrogen) atoms. The molecule has 3 nitrogen and oxygen atoms in total. The van der Waals surface area contributed by atoms with Gasteiger partial charge in [0.2, 0.25) is 0 Å². The highest BCUT2D eigenvalue weighted by atomic mass is 35.5. The van der Waals surface area contributed by atoms with Crippen molar-refractivity contribution in [3.05, 3.63) is 23.6 Å². The lowest BCUT2D eigenvalue weighted by Crippen LogP contribution is -2.49. The molecule has 4 aliphatic rings. The number of allylic oxidation sites excluding steroid dienone is 2. The normalized spacial score (nSPS) is 40.8. The van der Waals surface area contributed by atoms with Gasteiger partial charge in [0.1, 0.15) is 11.9 Å². The van der Waals surface area contributed by atoms with Crippen LogP contribution in [-0.4, -0.2) is 49.1 Å². The topological polar surface area (TPSA) is 15.7 Å². The summed E-state index contributed by atoms with van der Waals surface area (Å²) in [6, 6.07) is 0. The third-order valence-corrected chi connectivity index (χ3v) is 5.04. The number of likely N-dealkylation sites (N-methyl/N-ethyl adjacent to an activating group) is 1. The van der Waals surface area contributed by atoms with E-state index >= 15 is 0 Å². The Balaban J connectivity index is 0.000001000. The van der Waals surface area contributed by atoms with E-state index in [2.05, 4.69) is 29.0 Å². The summed E-state index contributed by atoms with van der Waals surface area (Å²) in [4.78, 5) is 4.97. The van der Waals surface area contributed by atoms with Crippen LogP contribution < -0.4 is 0 Å². The second-order valence-electron chi connectivity index (χ2n) is 6.05. The van der Waals surface area contributed by atoms with Crippen LogP contribution in [0.5, 0.6) is 0 Å². The van der Waals surface area contributed by atoms with E-state index in [4.69, 9.17) is 4.74 Å². The maximum atomic E-state index is 6.31. The lowest BCUT2D eigenvalue weighted by Gasteiger charge is -2.47. The minimum Gasteiger partial charge on any atom is -0.488 e. The van der Waals surface area contributed by atoms with Crippen molar-refractivity contribution in [1.82, 2.24) is 9.80 Å². The Kier molecular flexibility index (Phi) is 2.87. The Morgan fingerprint density at radius 2 is 2.28 bits per heavy atom. The van der Waals surface area contributed by atoms with Crippen LogP contribution in [0.2, 0.25) is 0 Å². The molecule has 0 aliphatic carbocycles. The van der Waals surface area contributed by atoms with Gasteiger partial charge in [0.05, 0.1) is 5.70 Å². The van der Waals surface area contributed by atoms with Crippen LogP contribution in [-0.2, 0) is 4.74 Å². The van der Waals surface area contributed by atoms with Crippen LogP contribution in [0.1, 0.15) is 19.3 Å². The quantitative estimate of drug-likeness (QED) is 0.668. The molecule has 4 heteroatoms. The fourth-order valence-corrected chi connectivity index (χ4v) is 4.01. The SMILES string of the molecule is CN1CC=CC2=C1C[C@@]13CC[N@](CCC1O2)C3.Cl. The average Bonchev–Trinajstić information content (AvgIpc) is 2.66. The summed E-state index contributed by atoms with van der Waals surface area (Å²) < 4.78 is 6.31. The molecule has 0 N–H and O–H groups in total. The molecular weight excluding hydrogens is 248 g/mol. The predicted molar refractivity (Wildman–Crippen MR) is 73.6 cm³/mol. The van der Waals surface area contributed by atoms with E-state index in [1.54, 1.807) is 0 Å². The van der Waals surface area contributed by atoms with Crippen LogP contribution in [0.25, 0.3) is 0 Å². The molecule has 4 heterocycles. The van der Waals surface area contributed by atoms with Crippen molar-refractivity contribution in [2.75, 3.05) is 33.2 Å². The van der Waals surface area contributed by atoms with Crippen molar-refractivity contribution in [2.24, 2.45) is 5.41 Å². The highest BCUT2D eigenvalue weighted by molar-refractivity contribution is 5.85. The summed E-state index contributed by atoms with van der Waals surface area (Å²) in [7, 11) is 2.19. The fourth-order valence-electron chi connectivity index (χ4n) is 4.01. The summed E-state index contributed by atoms with van der Waals surface area (Å²) >= 11 is 0. The Labute approximate surface area is 115 Å². The first-order valence-corrected chi connectivity index (χ1v) is 6.77. The molecule has 2 bridgehead atoms. The maximum absolute atomic E-state index is 6.31. The molecular formula is C14H21ClN2O. The van der Waals surface area contributed by atoms with E-state index in [1.165, 1.54) is 44.6 Å². The third kappa shape index (κ3) is 1.60. The van der Waals surface area contributed by atoms with E-state index < -0.39 is 0 Å². The van der Waals surface area contributed by atoms with Gasteiger partial charge in [-0.15, -0.1) is 12.4 Å². The zero-order chi connectivity index (χ0) is 11.5. The Hall–Kier alpha value is -0.670. The van der Waals surface area contributed by atoms with Crippen molar-refractivity contribution in [2.45, 2.75) is 25.4 Å². The van der Waals surface area contributed by atoms with Gasteiger partial charge in [0, 0.05) is 38.5 Å². The summed E-state index contributed by atoms with van der Waals surface area (Å²) in [5.41, 5.74) is 1.86. The molecule has 0 aromatic rings. The van der Waals surface area contributed by atoms with Gasteiger partial charge in [-0.3, -0.25) is 0 Å². The van der Waals surface area contributed by atoms with Crippen LogP contribution >= 0.6 is 12.4 Å². The Bertz CT molecular complexity index is 420. The van der Waals surface area contributed by atoms with Gasteiger partial charge in [0.15, 0.2) is 0 Å². The molecule has 2 fully saturated rings. The number of nitrogens with zero attached hydrogens (tertiary/aromatic N) is 2. The summed E-state index contributed by atoms with van der Waals surface area (Å²) in [5, 5.41) is 0. The van der Waals surface area contributed by atoms with Crippen molar-refractivity contribution in [3.63, 3.8) is 0 Å². The van der Waals surface area contributed by atoms with Gasteiger partial charge in [0.25, 0.3) is 0 Å². The standard InChI is InChI=1S/C14H20N2O.ClH/c1-15-6-2-3-12-11(15)9-14-5-8-16(10-14)7-4-13(14)17-12;/h2-3,13H,4-10H2,1H3;1H/t13?,14-;/m1./s1. The highest BCUT2D eigenvalue weighted by Crippen LogP contribution is 2.50. The van der Waals surface area contributed by atoms with Crippen LogP contribution in [0.3, 0.4) is 0 Å². The molecule has 0 amide bonds. The first-order chi connectivity index (χ1) is 8.27. The van der Waals surface area contributed by atoms with E-state index in [9.17, 15) is 0 Å². The molecule has 0 aromatic heterocycles. The Morgan fingerprint density at radius 1 is 1.39 bits per heavy atom. The molecule has 100 valence electrons. The predicted octanol–water partition coefficient (Wildman–Crippen LogP) is 2.01. The molecule has 1 unspecified atom stereocenters. The maximum Gasteiger partial charge on any atom is 0.138 e. The van der Waals surface area contributed by atoms with E-state index in [1.807, 2.05) is 0 Å². The van der Waals surface area contributed by atoms with Crippen molar-refractivity contribution < 1.29 is 4.74 Å². The molecule has 3 atom stereocenters. The smallest absolute Gasteiger partial charge is 0.138 e. The monoisotopic (exact) mass is 268 g/mol. The van der Waals surface area contributed by atoms with Gasteiger partial charge in [-0.1, -0.05) is 6.08 Å². The first-order valence-electron chi connectivity index (χ1n) is 6.77. The molecule has 2 saturated heterocycles. The van der Waals surface area contributed by atoms with Gasteiger partial charge in [-0.25, -0.2) is 0 Å². The number of rotatable bonds is 0. The summed E-state index contributed by atoms with van der Waals surface area (Å²) in [6.07, 6.45) is 8.63. The van der Waals surface area contributed by atoms with Gasteiger partial charge in [-0.05, 0) is 25.5 Å². The highest BCUT2D eigenvalue weighted by Gasteiger charge is 2.52. The summed E-state index contributed by atoms with van der Waals surface area (Å²) in [5.74, 6) is 1.15. The largest absolute Gasteiger partial charge is 0.488 e. The lowest BCUT2D eigenvalue weighted by molar-refractivity contribution is -0.0480. The minimum absolute atomic E-state index is 0. The van der Waals surface area contributed by atoms with Crippen molar-refractivity contribution in [1.29, 1.82) is 0 Å². The number of ether oxygens (including phenoxy) is 1. The second kappa shape index (κ2) is 4.17. The zero-order valence-corrected chi connectivity index (χ0v) is 11.7. The van der Waals surface area contributed by atoms with Crippen LogP contribution in [0.15, 0.2) is 23.6 Å². The van der Waals surface area contributed by atoms with E-state index in [0.29, 0.717) is 11.5 Å². The molecule has 4 aliphatic heterocycles. The van der Waals surface area contributed by atoms with Crippen LogP contribution in [0.4, 0.5) is 0 Å². The zero-order valence-electron chi connectivity index (χ0n) is 10.9. The van der Waals surface area contributed by atoms with E-state index in [0.717, 1.165) is 12.3 Å². The molecule has 4 rings (SSSR count). The van der Waals surface area contributed by atoms with Crippen molar-refractivity contribution in [3.8, 4) is 0 Å². The minimum atomic E-state index is 0. The number of hydrogen-bond donors (Lipinski definition) is 0. The number of fused-ring (bicyclic) bond motifs is 1. The lowest BCUT2D eigenvalue weighted by atomic mass is 9.72. The van der Waals surface area contributed by atoms with Crippen molar-refractivity contribution >= 4 is 12.4 Å². The Morgan fingerprint density at radius 3 is 3.17 bits per heavy atom. The fraction of sp³-hybridized carbons (Fsp3) is 0.714. The molecule has 1 spiro atoms. The molecule has 0 radical (unpaired) electrons. The number of hydrogen-bond acceptors (Lipinski definition) is 3. The average molecular weight is 269 g/mol. The van der Waals surface area contributed by atoms with E-state index in [-0.39, 0.29) is 12.4 Å².